The van der Waals surface area contributed by atoms with E-state index < -0.39 is 53.3 Å². The second-order valence-electron chi connectivity index (χ2n) is 7.85. The zero-order chi connectivity index (χ0) is 24.2. The fourth-order valence-corrected chi connectivity index (χ4v) is 4.47. The summed E-state index contributed by atoms with van der Waals surface area (Å²) in [7, 11) is -4.26. The molecule has 4 atom stereocenters. The first-order valence-electron chi connectivity index (χ1n) is 10.1. The van der Waals surface area contributed by atoms with Gasteiger partial charge in [-0.1, -0.05) is 12.1 Å². The standard InChI is InChI=1S/C20H19N5O8S/c21-34(30,31)32-8-14-15(26)16(27)20(33-14)24-6-5-12-13(22-9-23-17(12)24)7-25-18(28)10-3-1-2-4-11(10)19(25)29/h1-6,9,14-16,20,26-27H,7-8H2,(H2,21,30,31)/t14-,15-,16-,20-/m1/s1. The van der Waals surface area contributed by atoms with Gasteiger partial charge in [-0.25, -0.2) is 15.1 Å². The number of hydrogen-bond acceptors (Lipinski definition) is 10. The second-order valence-corrected chi connectivity index (χ2v) is 9.07. The van der Waals surface area contributed by atoms with E-state index in [9.17, 15) is 28.2 Å². The maximum Gasteiger partial charge on any atom is 0.333 e. The van der Waals surface area contributed by atoms with Gasteiger partial charge in [-0.05, 0) is 18.2 Å². The van der Waals surface area contributed by atoms with Gasteiger partial charge in [0.15, 0.2) is 6.23 Å². The number of nitrogens with two attached hydrogens (primary N) is 1. The number of carbonyl (C=O) groups excluding carboxylic acids is 2. The summed E-state index contributed by atoms with van der Waals surface area (Å²) in [4.78, 5) is 35.0. The van der Waals surface area contributed by atoms with Gasteiger partial charge in [0.2, 0.25) is 0 Å². The molecule has 2 aromatic heterocycles. The topological polar surface area (TPSA) is 187 Å². The third kappa shape index (κ3) is 3.75. The minimum atomic E-state index is -4.26. The summed E-state index contributed by atoms with van der Waals surface area (Å²) in [5.74, 6) is -0.857. The lowest BCUT2D eigenvalue weighted by molar-refractivity contribution is -0.0464. The van der Waals surface area contributed by atoms with Crippen molar-refractivity contribution in [3.63, 3.8) is 0 Å². The summed E-state index contributed by atoms with van der Waals surface area (Å²) in [6, 6.07) is 8.15. The van der Waals surface area contributed by atoms with E-state index in [-0.39, 0.29) is 6.54 Å². The van der Waals surface area contributed by atoms with E-state index in [0.717, 1.165) is 4.90 Å². The Balaban J connectivity index is 1.41. The molecule has 1 aromatic carbocycles. The van der Waals surface area contributed by atoms with Crippen LogP contribution in [-0.4, -0.2) is 74.8 Å². The number of rotatable bonds is 6. The molecule has 4 heterocycles. The van der Waals surface area contributed by atoms with Gasteiger partial charge in [0.1, 0.15) is 30.3 Å². The van der Waals surface area contributed by atoms with E-state index in [0.29, 0.717) is 27.9 Å². The lowest BCUT2D eigenvalue weighted by Crippen LogP contribution is -2.35. The smallest absolute Gasteiger partial charge is 0.333 e. The molecule has 0 radical (unpaired) electrons. The van der Waals surface area contributed by atoms with Crippen LogP contribution in [-0.2, 0) is 25.8 Å². The molecule has 0 unspecified atom stereocenters. The Morgan fingerprint density at radius 2 is 1.74 bits per heavy atom. The van der Waals surface area contributed by atoms with Crippen LogP contribution in [0.5, 0.6) is 0 Å². The van der Waals surface area contributed by atoms with Gasteiger partial charge in [0, 0.05) is 11.6 Å². The van der Waals surface area contributed by atoms with Crippen LogP contribution >= 0.6 is 0 Å². The Labute approximate surface area is 192 Å². The maximum atomic E-state index is 12.7. The molecule has 4 N–H and O–H groups in total. The van der Waals surface area contributed by atoms with E-state index in [1.165, 1.54) is 17.1 Å². The van der Waals surface area contributed by atoms with Gasteiger partial charge in [0.25, 0.3) is 11.8 Å². The molecule has 2 amide bonds. The lowest BCUT2D eigenvalue weighted by Gasteiger charge is -2.18. The molecule has 0 spiro atoms. The highest BCUT2D eigenvalue weighted by atomic mass is 32.2. The van der Waals surface area contributed by atoms with Crippen molar-refractivity contribution >= 4 is 33.2 Å². The van der Waals surface area contributed by atoms with Crippen LogP contribution in [0.4, 0.5) is 0 Å². The molecule has 0 saturated carbocycles. The number of fused-ring (bicyclic) bond motifs is 2. The number of aliphatic hydroxyl groups excluding tert-OH is 2. The number of nitrogens with zero attached hydrogens (tertiary/aromatic N) is 4. The molecule has 1 saturated heterocycles. The predicted molar refractivity (Wildman–Crippen MR) is 113 cm³/mol. The van der Waals surface area contributed by atoms with Crippen LogP contribution in [0.25, 0.3) is 11.0 Å². The highest BCUT2D eigenvalue weighted by molar-refractivity contribution is 7.84. The Bertz CT molecular complexity index is 1370. The van der Waals surface area contributed by atoms with Gasteiger partial charge in [-0.15, -0.1) is 0 Å². The highest BCUT2D eigenvalue weighted by Crippen LogP contribution is 2.33. The SMILES string of the molecule is NS(=O)(=O)OC[C@H]1O[C@@H](n2ccc3c(CN4C(=O)c5ccccc5C4=O)ncnc32)[C@H](O)[C@@H]1O. The Hall–Kier alpha value is -3.27. The maximum absolute atomic E-state index is 12.7. The first kappa shape index (κ1) is 22.5. The van der Waals surface area contributed by atoms with Gasteiger partial charge in [-0.2, -0.15) is 8.42 Å². The average molecular weight is 489 g/mol. The summed E-state index contributed by atoms with van der Waals surface area (Å²) < 4.78 is 33.6. The van der Waals surface area contributed by atoms with Gasteiger partial charge < -0.3 is 19.5 Å². The van der Waals surface area contributed by atoms with Crippen LogP contribution in [0.3, 0.4) is 0 Å². The molecular weight excluding hydrogens is 470 g/mol. The van der Waals surface area contributed by atoms with Crippen LogP contribution < -0.4 is 5.14 Å². The Morgan fingerprint density at radius 1 is 1.06 bits per heavy atom. The number of carbonyl (C=O) groups is 2. The van der Waals surface area contributed by atoms with E-state index in [4.69, 9.17) is 9.88 Å². The molecule has 0 aliphatic carbocycles. The summed E-state index contributed by atoms with van der Waals surface area (Å²) >= 11 is 0. The summed E-state index contributed by atoms with van der Waals surface area (Å²) in [6.07, 6.45) is -2.40. The molecule has 2 aliphatic heterocycles. The molecule has 178 valence electrons. The van der Waals surface area contributed by atoms with Crippen LogP contribution in [0.2, 0.25) is 0 Å². The number of aromatic nitrogens is 3. The van der Waals surface area contributed by atoms with E-state index in [1.54, 1.807) is 30.3 Å². The Morgan fingerprint density at radius 3 is 2.38 bits per heavy atom. The number of aliphatic hydroxyl groups is 2. The zero-order valence-corrected chi connectivity index (χ0v) is 18.2. The minimum absolute atomic E-state index is 0.100. The van der Waals surface area contributed by atoms with Crippen molar-refractivity contribution in [1.29, 1.82) is 0 Å². The van der Waals surface area contributed by atoms with Gasteiger partial charge in [-0.3, -0.25) is 18.7 Å². The molecule has 0 bridgehead atoms. The average Bonchev–Trinajstić information content (AvgIpc) is 3.43. The molecule has 1 fully saturated rings. The number of benzene rings is 1. The van der Waals surface area contributed by atoms with Crippen molar-refractivity contribution in [1.82, 2.24) is 19.4 Å². The number of ether oxygens (including phenoxy) is 1. The van der Waals surface area contributed by atoms with Crippen molar-refractivity contribution in [2.75, 3.05) is 6.61 Å². The van der Waals surface area contributed by atoms with E-state index in [2.05, 4.69) is 14.2 Å². The monoisotopic (exact) mass is 489 g/mol. The van der Waals surface area contributed by atoms with Crippen molar-refractivity contribution in [3.05, 3.63) is 59.7 Å². The fourth-order valence-electron chi connectivity index (χ4n) is 4.15. The highest BCUT2D eigenvalue weighted by Gasteiger charge is 2.45. The predicted octanol–water partition coefficient (Wildman–Crippen LogP) is -0.933. The van der Waals surface area contributed by atoms with E-state index in [1.807, 2.05) is 0 Å². The van der Waals surface area contributed by atoms with Crippen LogP contribution in [0.15, 0.2) is 42.9 Å². The van der Waals surface area contributed by atoms with Crippen molar-refractivity contribution in [2.24, 2.45) is 5.14 Å². The summed E-state index contributed by atoms with van der Waals surface area (Å²) in [5, 5.41) is 26.0. The minimum Gasteiger partial charge on any atom is -0.387 e. The fraction of sp³-hybridized carbons (Fsp3) is 0.300. The molecular formula is C20H19N5O8S. The van der Waals surface area contributed by atoms with Crippen molar-refractivity contribution in [3.8, 4) is 0 Å². The molecule has 5 rings (SSSR count). The van der Waals surface area contributed by atoms with Crippen LogP contribution in [0.1, 0.15) is 32.6 Å². The molecule has 34 heavy (non-hydrogen) atoms. The zero-order valence-electron chi connectivity index (χ0n) is 17.4. The molecule has 14 heteroatoms. The normalized spacial score (nSPS) is 24.9. The van der Waals surface area contributed by atoms with Crippen LogP contribution in [0, 0.1) is 0 Å². The van der Waals surface area contributed by atoms with Gasteiger partial charge in [0.05, 0.1) is 30.0 Å². The van der Waals surface area contributed by atoms with Crippen molar-refractivity contribution < 1.29 is 37.1 Å². The first-order valence-corrected chi connectivity index (χ1v) is 11.6. The summed E-state index contributed by atoms with van der Waals surface area (Å²) in [5.41, 5.74) is 1.34. The number of amides is 2. The van der Waals surface area contributed by atoms with Gasteiger partial charge >= 0.3 is 10.3 Å². The lowest BCUT2D eigenvalue weighted by atomic mass is 10.1. The Kier molecular flexibility index (Phi) is 5.43. The number of imide groups is 1. The summed E-state index contributed by atoms with van der Waals surface area (Å²) in [6.45, 7) is -0.691. The third-order valence-corrected chi connectivity index (χ3v) is 6.25. The van der Waals surface area contributed by atoms with Crippen molar-refractivity contribution in [2.45, 2.75) is 31.1 Å². The molecule has 3 aromatic rings. The largest absolute Gasteiger partial charge is 0.387 e. The molecule has 2 aliphatic rings. The number of hydrogen-bond donors (Lipinski definition) is 3. The second kappa shape index (κ2) is 8.19. The molecule has 13 nitrogen and oxygen atoms in total. The first-order chi connectivity index (χ1) is 16.2. The quantitative estimate of drug-likeness (QED) is 0.365. The van der Waals surface area contributed by atoms with E-state index >= 15 is 0 Å². The third-order valence-electron chi connectivity index (χ3n) is 5.79.